The van der Waals surface area contributed by atoms with Crippen LogP contribution in [-0.2, 0) is 29.0 Å². The Morgan fingerprint density at radius 2 is 1.97 bits per heavy atom. The molecule has 0 aromatic heterocycles. The number of carbonyl (C=O) groups is 3. The number of nitrogens with zero attached hydrogens (tertiary/aromatic N) is 1. The van der Waals surface area contributed by atoms with Crippen LogP contribution >= 0.6 is 0 Å². The molecular weight excluding hydrogens is 373 g/mol. The third-order valence-corrected chi connectivity index (χ3v) is 5.69. The second-order valence-electron chi connectivity index (χ2n) is 7.71. The van der Waals surface area contributed by atoms with Crippen molar-refractivity contribution in [3.05, 3.63) is 70.5 Å². The highest BCUT2D eigenvalue weighted by molar-refractivity contribution is 6.09. The van der Waals surface area contributed by atoms with Crippen LogP contribution in [-0.4, -0.2) is 34.8 Å². The Bertz CT molecular complexity index is 1010. The van der Waals surface area contributed by atoms with Crippen molar-refractivity contribution in [2.75, 3.05) is 6.54 Å². The molecule has 1 unspecified atom stereocenters. The Hall–Kier alpha value is -3.22. The van der Waals surface area contributed by atoms with Crippen molar-refractivity contribution in [1.29, 1.82) is 0 Å². The summed E-state index contributed by atoms with van der Waals surface area (Å²) in [5.41, 5.74) is 2.50. The highest BCUT2D eigenvalue weighted by atomic mass is 19.1. The second kappa shape index (κ2) is 7.31. The molecule has 2 aliphatic rings. The number of hydrogen-bond acceptors (Lipinski definition) is 3. The van der Waals surface area contributed by atoms with Gasteiger partial charge in [-0.3, -0.25) is 14.5 Å². The minimum absolute atomic E-state index is 0.197. The number of halogens is 1. The van der Waals surface area contributed by atoms with Crippen molar-refractivity contribution in [3.63, 3.8) is 0 Å². The lowest BCUT2D eigenvalue weighted by atomic mass is 9.78. The molecule has 29 heavy (non-hydrogen) atoms. The molecule has 1 spiro atoms. The third kappa shape index (κ3) is 3.60. The van der Waals surface area contributed by atoms with E-state index >= 15 is 0 Å². The largest absolute Gasteiger partial charge is 0.350 e. The Balaban J connectivity index is 1.40. The van der Waals surface area contributed by atoms with Crippen molar-refractivity contribution in [3.8, 4) is 0 Å². The Kier molecular flexibility index (Phi) is 4.82. The second-order valence-corrected chi connectivity index (χ2v) is 7.71. The summed E-state index contributed by atoms with van der Waals surface area (Å²) in [6.07, 6.45) is 1.65. The maximum Gasteiger partial charge on any atom is 0.325 e. The lowest BCUT2D eigenvalue weighted by Crippen LogP contribution is -2.51. The maximum absolute atomic E-state index is 13.3. The van der Waals surface area contributed by atoms with Crippen molar-refractivity contribution in [1.82, 2.24) is 15.5 Å². The van der Waals surface area contributed by atoms with E-state index in [2.05, 4.69) is 10.6 Å². The Morgan fingerprint density at radius 3 is 2.72 bits per heavy atom. The number of imide groups is 1. The lowest BCUT2D eigenvalue weighted by Gasteiger charge is -2.32. The van der Waals surface area contributed by atoms with E-state index in [1.807, 2.05) is 24.3 Å². The minimum Gasteiger partial charge on any atom is -0.350 e. The molecule has 4 amide bonds. The lowest BCUT2D eigenvalue weighted by molar-refractivity contribution is -0.135. The summed E-state index contributed by atoms with van der Waals surface area (Å²) < 4.78 is 13.3. The number of benzene rings is 2. The fourth-order valence-corrected chi connectivity index (χ4v) is 4.06. The summed E-state index contributed by atoms with van der Waals surface area (Å²) >= 11 is 0. The molecular formula is C22H22FN3O3. The highest BCUT2D eigenvalue weighted by Gasteiger charge is 2.52. The van der Waals surface area contributed by atoms with Crippen LogP contribution in [0.3, 0.4) is 0 Å². The predicted molar refractivity (Wildman–Crippen MR) is 104 cm³/mol. The molecule has 1 aliphatic carbocycles. The van der Waals surface area contributed by atoms with Gasteiger partial charge in [0.2, 0.25) is 5.91 Å². The van der Waals surface area contributed by atoms with Gasteiger partial charge in [0.1, 0.15) is 17.9 Å². The smallest absolute Gasteiger partial charge is 0.325 e. The molecule has 150 valence electrons. The van der Waals surface area contributed by atoms with Crippen molar-refractivity contribution in [2.24, 2.45) is 0 Å². The first-order valence-electron chi connectivity index (χ1n) is 9.61. The van der Waals surface area contributed by atoms with Gasteiger partial charge in [0, 0.05) is 13.0 Å². The molecule has 2 N–H and O–H groups in total. The van der Waals surface area contributed by atoms with Gasteiger partial charge in [0.05, 0.1) is 0 Å². The average Bonchev–Trinajstić information content (AvgIpc) is 2.92. The first kappa shape index (κ1) is 19.1. The zero-order valence-corrected chi connectivity index (χ0v) is 16.1. The molecule has 1 saturated heterocycles. The molecule has 1 fully saturated rings. The summed E-state index contributed by atoms with van der Waals surface area (Å²) in [7, 11) is 0. The van der Waals surface area contributed by atoms with Gasteiger partial charge >= 0.3 is 6.03 Å². The van der Waals surface area contributed by atoms with E-state index in [1.54, 1.807) is 19.1 Å². The minimum atomic E-state index is -0.972. The van der Waals surface area contributed by atoms with E-state index < -0.39 is 17.5 Å². The van der Waals surface area contributed by atoms with Crippen LogP contribution < -0.4 is 10.6 Å². The average molecular weight is 395 g/mol. The van der Waals surface area contributed by atoms with Gasteiger partial charge in [0.15, 0.2) is 0 Å². The van der Waals surface area contributed by atoms with Crippen molar-refractivity contribution >= 4 is 17.8 Å². The topological polar surface area (TPSA) is 78.5 Å². The molecule has 1 atom stereocenters. The molecule has 4 rings (SSSR count). The fourth-order valence-electron chi connectivity index (χ4n) is 4.06. The van der Waals surface area contributed by atoms with Gasteiger partial charge in [0.25, 0.3) is 5.91 Å². The summed E-state index contributed by atoms with van der Waals surface area (Å²) in [5, 5.41) is 5.50. The normalized spacial score (nSPS) is 20.6. The van der Waals surface area contributed by atoms with Crippen LogP contribution in [0.4, 0.5) is 9.18 Å². The first-order chi connectivity index (χ1) is 13.9. The van der Waals surface area contributed by atoms with Crippen molar-refractivity contribution < 1.29 is 18.8 Å². The number of nitrogens with one attached hydrogen (secondary N) is 2. The van der Waals surface area contributed by atoms with Crippen LogP contribution in [0.1, 0.15) is 28.7 Å². The van der Waals surface area contributed by atoms with Gasteiger partial charge in [-0.2, -0.15) is 0 Å². The molecule has 2 aromatic carbocycles. The van der Waals surface area contributed by atoms with Gasteiger partial charge in [-0.1, -0.05) is 36.4 Å². The van der Waals surface area contributed by atoms with Gasteiger partial charge in [-0.25, -0.2) is 9.18 Å². The van der Waals surface area contributed by atoms with Gasteiger partial charge in [-0.05, 0) is 48.1 Å². The van der Waals surface area contributed by atoms with Crippen LogP contribution in [0, 0.1) is 12.7 Å². The monoisotopic (exact) mass is 395 g/mol. The summed E-state index contributed by atoms with van der Waals surface area (Å²) in [6.45, 7) is 1.51. The van der Waals surface area contributed by atoms with Crippen LogP contribution in [0.2, 0.25) is 0 Å². The highest BCUT2D eigenvalue weighted by Crippen LogP contribution is 2.33. The first-order valence-corrected chi connectivity index (χ1v) is 9.61. The van der Waals surface area contributed by atoms with E-state index in [9.17, 15) is 18.8 Å². The summed E-state index contributed by atoms with van der Waals surface area (Å²) in [5.74, 6) is -1.10. The van der Waals surface area contributed by atoms with E-state index in [0.29, 0.717) is 24.8 Å². The quantitative estimate of drug-likeness (QED) is 0.780. The number of rotatable bonds is 4. The molecule has 1 aliphatic heterocycles. The molecule has 0 bridgehead atoms. The standard InChI is InChI=1S/C22H22FN3O3/c1-14-10-15(6-7-18(14)23)12-24-19(27)13-26-20(28)22(25-21(26)29)9-8-16-4-2-3-5-17(16)11-22/h2-7,10H,8-9,11-13H2,1H3,(H,24,27)(H,25,29). The van der Waals surface area contributed by atoms with E-state index in [0.717, 1.165) is 16.0 Å². The number of hydrogen-bond donors (Lipinski definition) is 2. The SMILES string of the molecule is Cc1cc(CNC(=O)CN2C(=O)NC3(CCc4ccccc4C3)C2=O)ccc1F. The van der Waals surface area contributed by atoms with Crippen LogP contribution in [0.15, 0.2) is 42.5 Å². The molecule has 2 aromatic rings. The number of amides is 4. The molecule has 6 nitrogen and oxygen atoms in total. The number of urea groups is 1. The van der Waals surface area contributed by atoms with E-state index in [1.165, 1.54) is 11.6 Å². The molecule has 0 saturated carbocycles. The van der Waals surface area contributed by atoms with E-state index in [4.69, 9.17) is 0 Å². The fraction of sp³-hybridized carbons (Fsp3) is 0.318. The Labute approximate surface area is 168 Å². The number of carbonyl (C=O) groups excluding carboxylic acids is 3. The third-order valence-electron chi connectivity index (χ3n) is 5.69. The summed E-state index contributed by atoms with van der Waals surface area (Å²) in [4.78, 5) is 38.8. The number of aryl methyl sites for hydroxylation is 2. The van der Waals surface area contributed by atoms with Crippen LogP contribution in [0.5, 0.6) is 0 Å². The molecule has 1 heterocycles. The molecule has 7 heteroatoms. The predicted octanol–water partition coefficient (Wildman–Crippen LogP) is 2.23. The molecule has 0 radical (unpaired) electrons. The van der Waals surface area contributed by atoms with E-state index in [-0.39, 0.29) is 24.8 Å². The summed E-state index contributed by atoms with van der Waals surface area (Å²) in [6, 6.07) is 11.9. The van der Waals surface area contributed by atoms with Crippen LogP contribution in [0.25, 0.3) is 0 Å². The Morgan fingerprint density at radius 1 is 1.21 bits per heavy atom. The van der Waals surface area contributed by atoms with Crippen molar-refractivity contribution in [2.45, 2.75) is 38.3 Å². The van der Waals surface area contributed by atoms with Gasteiger partial charge in [-0.15, -0.1) is 0 Å². The zero-order chi connectivity index (χ0) is 20.6. The van der Waals surface area contributed by atoms with Gasteiger partial charge < -0.3 is 10.6 Å². The maximum atomic E-state index is 13.3. The number of fused-ring (bicyclic) bond motifs is 1. The zero-order valence-electron chi connectivity index (χ0n) is 16.1.